The van der Waals surface area contributed by atoms with E-state index < -0.39 is 5.97 Å². The number of carbonyl (C=O) groups excluding carboxylic acids is 1. The molecule has 1 aliphatic carbocycles. The average Bonchev–Trinajstić information content (AvgIpc) is 3.25. The van der Waals surface area contributed by atoms with Gasteiger partial charge in [0.1, 0.15) is 5.01 Å². The van der Waals surface area contributed by atoms with Gasteiger partial charge in [-0.25, -0.2) is 9.78 Å². The Labute approximate surface area is 138 Å². The summed E-state index contributed by atoms with van der Waals surface area (Å²) in [7, 11) is 0. The summed E-state index contributed by atoms with van der Waals surface area (Å²) in [5.74, 6) is -0.855. The highest BCUT2D eigenvalue weighted by Crippen LogP contribution is 2.42. The summed E-state index contributed by atoms with van der Waals surface area (Å²) < 4.78 is 0. The molecule has 6 heteroatoms. The van der Waals surface area contributed by atoms with Crippen molar-refractivity contribution >= 4 is 23.2 Å². The van der Waals surface area contributed by atoms with Crippen LogP contribution in [0.5, 0.6) is 0 Å². The fraction of sp³-hybridized carbons (Fsp3) is 0.353. The van der Waals surface area contributed by atoms with Crippen molar-refractivity contribution in [3.8, 4) is 0 Å². The molecule has 1 atom stereocenters. The number of hydrogen-bond donors (Lipinski definition) is 2. The number of carbonyl (C=O) groups is 2. The minimum Gasteiger partial charge on any atom is -0.478 e. The number of rotatable bonds is 5. The van der Waals surface area contributed by atoms with Gasteiger partial charge in [0.05, 0.1) is 11.6 Å². The number of carboxylic acid groups (broad SMARTS) is 1. The Bertz CT molecular complexity index is 765. The number of nitrogens with zero attached hydrogens (tertiary/aromatic N) is 1. The van der Waals surface area contributed by atoms with Gasteiger partial charge >= 0.3 is 5.97 Å². The van der Waals surface area contributed by atoms with E-state index in [0.717, 1.165) is 29.1 Å². The quantitative estimate of drug-likeness (QED) is 0.881. The number of hydrogen-bond acceptors (Lipinski definition) is 4. The number of aromatic nitrogens is 1. The summed E-state index contributed by atoms with van der Waals surface area (Å²) in [6, 6.07) is 4.59. The van der Waals surface area contributed by atoms with E-state index in [1.807, 2.05) is 12.3 Å². The molecular weight excluding hydrogens is 312 g/mol. The predicted octanol–water partition coefficient (Wildman–Crippen LogP) is 3.34. The van der Waals surface area contributed by atoms with Crippen LogP contribution in [0.4, 0.5) is 0 Å². The topological polar surface area (TPSA) is 79.3 Å². The molecule has 3 rings (SSSR count). The van der Waals surface area contributed by atoms with Crippen LogP contribution in [0.25, 0.3) is 0 Å². The smallest absolute Gasteiger partial charge is 0.335 e. The maximum Gasteiger partial charge on any atom is 0.335 e. The summed E-state index contributed by atoms with van der Waals surface area (Å²) in [6.45, 7) is 3.72. The molecule has 1 heterocycles. The second-order valence-electron chi connectivity index (χ2n) is 6.01. The van der Waals surface area contributed by atoms with Gasteiger partial charge in [0, 0.05) is 16.6 Å². The molecule has 1 unspecified atom stereocenters. The summed E-state index contributed by atoms with van der Waals surface area (Å²) in [5, 5.41) is 15.1. The van der Waals surface area contributed by atoms with E-state index >= 15 is 0 Å². The first-order valence-corrected chi connectivity index (χ1v) is 8.40. The highest BCUT2D eigenvalue weighted by Gasteiger charge is 2.35. The molecule has 2 N–H and O–H groups in total. The third-order valence-corrected chi connectivity index (χ3v) is 4.92. The van der Waals surface area contributed by atoms with E-state index in [1.54, 1.807) is 30.4 Å². The van der Waals surface area contributed by atoms with Crippen LogP contribution >= 0.6 is 11.3 Å². The van der Waals surface area contributed by atoms with Gasteiger partial charge in [-0.3, -0.25) is 4.79 Å². The highest BCUT2D eigenvalue weighted by atomic mass is 32.1. The molecule has 0 radical (unpaired) electrons. The first kappa shape index (κ1) is 15.7. The molecule has 1 aliphatic rings. The Kier molecular flexibility index (Phi) is 4.17. The van der Waals surface area contributed by atoms with Crippen molar-refractivity contribution in [1.82, 2.24) is 10.3 Å². The third-order valence-electron chi connectivity index (χ3n) is 3.87. The lowest BCUT2D eigenvalue weighted by atomic mass is 10.1. The first-order valence-electron chi connectivity index (χ1n) is 7.52. The van der Waals surface area contributed by atoms with Crippen molar-refractivity contribution in [1.29, 1.82) is 0 Å². The van der Waals surface area contributed by atoms with Crippen molar-refractivity contribution in [2.45, 2.75) is 32.7 Å². The predicted molar refractivity (Wildman–Crippen MR) is 87.9 cm³/mol. The Morgan fingerprint density at radius 1 is 1.26 bits per heavy atom. The van der Waals surface area contributed by atoms with Gasteiger partial charge in [-0.15, -0.1) is 11.3 Å². The number of benzene rings is 1. The molecule has 0 aliphatic heterocycles. The largest absolute Gasteiger partial charge is 0.478 e. The monoisotopic (exact) mass is 330 g/mol. The van der Waals surface area contributed by atoms with Crippen LogP contribution in [-0.4, -0.2) is 22.0 Å². The zero-order valence-corrected chi connectivity index (χ0v) is 13.8. The van der Waals surface area contributed by atoms with E-state index in [9.17, 15) is 9.59 Å². The molecule has 2 aromatic rings. The second-order valence-corrected chi connectivity index (χ2v) is 6.90. The Morgan fingerprint density at radius 3 is 2.52 bits per heavy atom. The number of aryl methyl sites for hydroxylation is 2. The Morgan fingerprint density at radius 2 is 1.96 bits per heavy atom. The first-order chi connectivity index (χ1) is 10.9. The van der Waals surface area contributed by atoms with E-state index in [-0.39, 0.29) is 17.5 Å². The minimum absolute atomic E-state index is 0.0880. The SMILES string of the molecule is Cc1cc(C(=O)O)cc(C(=O)NC(c2nc(C)cs2)C2CC2)c1. The van der Waals surface area contributed by atoms with Crippen molar-refractivity contribution in [2.24, 2.45) is 5.92 Å². The fourth-order valence-corrected chi connectivity index (χ4v) is 3.53. The second kappa shape index (κ2) is 6.12. The number of thiazole rings is 1. The maximum atomic E-state index is 12.6. The van der Waals surface area contributed by atoms with E-state index in [2.05, 4.69) is 10.3 Å². The summed E-state index contributed by atoms with van der Waals surface area (Å²) in [5.41, 5.74) is 2.21. The van der Waals surface area contributed by atoms with Gasteiger partial charge < -0.3 is 10.4 Å². The lowest BCUT2D eigenvalue weighted by Gasteiger charge is -2.16. The molecule has 5 nitrogen and oxygen atoms in total. The maximum absolute atomic E-state index is 12.6. The van der Waals surface area contributed by atoms with Crippen LogP contribution < -0.4 is 5.32 Å². The fourth-order valence-electron chi connectivity index (χ4n) is 2.59. The number of amides is 1. The van der Waals surface area contributed by atoms with Gasteiger partial charge in [0.2, 0.25) is 0 Å². The number of nitrogens with one attached hydrogen (secondary N) is 1. The van der Waals surface area contributed by atoms with Gasteiger partial charge in [-0.2, -0.15) is 0 Å². The van der Waals surface area contributed by atoms with Gasteiger partial charge in [-0.05, 0) is 56.4 Å². The lowest BCUT2D eigenvalue weighted by molar-refractivity contribution is 0.0696. The molecule has 1 saturated carbocycles. The van der Waals surface area contributed by atoms with Crippen LogP contribution in [0.15, 0.2) is 23.6 Å². The van der Waals surface area contributed by atoms with Crippen molar-refractivity contribution in [3.63, 3.8) is 0 Å². The van der Waals surface area contributed by atoms with Crippen LogP contribution in [0, 0.1) is 19.8 Å². The minimum atomic E-state index is -1.03. The molecule has 1 amide bonds. The van der Waals surface area contributed by atoms with Crippen LogP contribution in [0.2, 0.25) is 0 Å². The molecule has 0 bridgehead atoms. The molecule has 1 fully saturated rings. The molecular formula is C17H18N2O3S. The van der Waals surface area contributed by atoms with Crippen LogP contribution in [0.3, 0.4) is 0 Å². The van der Waals surface area contributed by atoms with Gasteiger partial charge in [0.25, 0.3) is 5.91 Å². The van der Waals surface area contributed by atoms with E-state index in [4.69, 9.17) is 5.11 Å². The van der Waals surface area contributed by atoms with Gasteiger partial charge in [0.15, 0.2) is 0 Å². The Balaban J connectivity index is 1.83. The van der Waals surface area contributed by atoms with E-state index in [0.29, 0.717) is 11.5 Å². The average molecular weight is 330 g/mol. The molecule has 0 saturated heterocycles. The summed E-state index contributed by atoms with van der Waals surface area (Å²) >= 11 is 1.55. The van der Waals surface area contributed by atoms with Crippen molar-refractivity contribution in [2.75, 3.05) is 0 Å². The molecule has 1 aromatic heterocycles. The molecule has 23 heavy (non-hydrogen) atoms. The third kappa shape index (κ3) is 3.59. The Hall–Kier alpha value is -2.21. The van der Waals surface area contributed by atoms with E-state index in [1.165, 1.54) is 6.07 Å². The van der Waals surface area contributed by atoms with Crippen LogP contribution in [-0.2, 0) is 0 Å². The van der Waals surface area contributed by atoms with Crippen LogP contribution in [0.1, 0.15) is 55.9 Å². The molecule has 1 aromatic carbocycles. The zero-order valence-electron chi connectivity index (χ0n) is 13.0. The molecule has 0 spiro atoms. The normalized spacial score (nSPS) is 15.2. The highest BCUT2D eigenvalue weighted by molar-refractivity contribution is 7.09. The lowest BCUT2D eigenvalue weighted by Crippen LogP contribution is -2.30. The number of carboxylic acids is 1. The number of aromatic carboxylic acids is 1. The molecule has 120 valence electrons. The van der Waals surface area contributed by atoms with Crippen molar-refractivity contribution in [3.05, 3.63) is 51.0 Å². The summed E-state index contributed by atoms with van der Waals surface area (Å²) in [4.78, 5) is 28.2. The zero-order chi connectivity index (χ0) is 16.6. The standard InChI is InChI=1S/C17H18N2O3S/c1-9-5-12(7-13(6-9)17(21)22)15(20)19-14(11-3-4-11)16-18-10(2)8-23-16/h5-8,11,14H,3-4H2,1-2H3,(H,19,20)(H,21,22). The van der Waals surface area contributed by atoms with Crippen molar-refractivity contribution < 1.29 is 14.7 Å². The summed E-state index contributed by atoms with van der Waals surface area (Å²) in [6.07, 6.45) is 2.16. The van der Waals surface area contributed by atoms with Gasteiger partial charge in [-0.1, -0.05) is 0 Å².